The van der Waals surface area contributed by atoms with E-state index in [0.717, 1.165) is 5.69 Å². The third kappa shape index (κ3) is 3.30. The van der Waals surface area contributed by atoms with Crippen molar-refractivity contribution in [1.29, 1.82) is 0 Å². The average Bonchev–Trinajstić information content (AvgIpc) is 2.90. The van der Waals surface area contributed by atoms with Crippen molar-refractivity contribution in [2.24, 2.45) is 0 Å². The molecule has 3 rings (SSSR count). The Morgan fingerprint density at radius 3 is 2.71 bits per heavy atom. The van der Waals surface area contributed by atoms with Crippen LogP contribution in [0.4, 0.5) is 11.5 Å². The summed E-state index contributed by atoms with van der Waals surface area (Å²) in [6.45, 7) is 5.79. The minimum atomic E-state index is -0.267. The highest BCUT2D eigenvalue weighted by Crippen LogP contribution is 2.25. The van der Waals surface area contributed by atoms with E-state index in [1.807, 2.05) is 13.8 Å². The molecule has 0 saturated carbocycles. The molecule has 0 aliphatic heterocycles. The lowest BCUT2D eigenvalue weighted by atomic mass is 10.0. The van der Waals surface area contributed by atoms with E-state index in [9.17, 15) is 4.79 Å². The molecule has 8 heteroatoms. The summed E-state index contributed by atoms with van der Waals surface area (Å²) in [5, 5.41) is 7.34. The quantitative estimate of drug-likeness (QED) is 0.752. The lowest BCUT2D eigenvalue weighted by molar-refractivity contribution is 0.102. The molecule has 3 aromatic heterocycles. The fraction of sp³-hybridized carbons (Fsp3) is 0.250. The lowest BCUT2D eigenvalue weighted by Gasteiger charge is -2.09. The van der Waals surface area contributed by atoms with Crippen LogP contribution < -0.4 is 11.1 Å². The number of carbonyl (C=O) groups is 1. The van der Waals surface area contributed by atoms with E-state index in [0.29, 0.717) is 33.9 Å². The van der Waals surface area contributed by atoms with Gasteiger partial charge in [-0.3, -0.25) is 4.79 Å². The number of rotatable bonds is 3. The number of pyridine rings is 2. The Kier molecular flexibility index (Phi) is 5.04. The number of anilines is 2. The number of halogens is 1. The maximum absolute atomic E-state index is 12.7. The fourth-order valence-electron chi connectivity index (χ4n) is 2.27. The minimum absolute atomic E-state index is 0. The summed E-state index contributed by atoms with van der Waals surface area (Å²) in [5.74, 6) is 0.290. The predicted octanol–water partition coefficient (Wildman–Crippen LogP) is 3.31. The van der Waals surface area contributed by atoms with Gasteiger partial charge in [-0.25, -0.2) is 9.97 Å². The van der Waals surface area contributed by atoms with Crippen LogP contribution in [0.3, 0.4) is 0 Å². The Hall–Kier alpha value is -2.67. The van der Waals surface area contributed by atoms with Crippen LogP contribution in [0.1, 0.15) is 41.5 Å². The Balaban J connectivity index is 0.00000208. The van der Waals surface area contributed by atoms with Crippen LogP contribution in [-0.2, 0) is 0 Å². The summed E-state index contributed by atoms with van der Waals surface area (Å²) < 4.78 is 5.23. The van der Waals surface area contributed by atoms with Crippen LogP contribution in [0.2, 0.25) is 0 Å². The molecule has 24 heavy (non-hydrogen) atoms. The molecule has 0 fully saturated rings. The number of carbonyl (C=O) groups excluding carboxylic acids is 1. The molecule has 0 aliphatic carbocycles. The fourth-order valence-corrected chi connectivity index (χ4v) is 2.27. The standard InChI is InChI=1S/C16H17N5O2.ClH/c1-8(2)12-6-11(14-9(3)21-23-16(14)20-12)15(22)19-10-4-5-13(17)18-7-10;/h4-8H,1-3H3,(H2,17,18)(H,19,22);1H. The molecular formula is C16H18ClN5O2. The maximum atomic E-state index is 12.7. The highest BCUT2D eigenvalue weighted by molar-refractivity contribution is 6.12. The highest BCUT2D eigenvalue weighted by atomic mass is 35.5. The van der Waals surface area contributed by atoms with Crippen molar-refractivity contribution in [3.05, 3.63) is 41.3 Å². The van der Waals surface area contributed by atoms with E-state index in [-0.39, 0.29) is 24.2 Å². The molecule has 1 amide bonds. The molecule has 0 spiro atoms. The molecule has 0 atom stereocenters. The summed E-state index contributed by atoms with van der Waals surface area (Å²) in [6, 6.07) is 5.10. The van der Waals surface area contributed by atoms with Crippen molar-refractivity contribution in [2.75, 3.05) is 11.1 Å². The van der Waals surface area contributed by atoms with E-state index in [2.05, 4.69) is 20.4 Å². The smallest absolute Gasteiger partial charge is 0.259 e. The third-order valence-corrected chi connectivity index (χ3v) is 3.52. The monoisotopic (exact) mass is 347 g/mol. The minimum Gasteiger partial charge on any atom is -0.384 e. The van der Waals surface area contributed by atoms with Crippen molar-refractivity contribution in [3.8, 4) is 0 Å². The normalized spacial score (nSPS) is 10.7. The SMILES string of the molecule is Cc1noc2nc(C(C)C)cc(C(=O)Nc3ccc(N)nc3)c12.Cl. The Morgan fingerprint density at radius 2 is 2.08 bits per heavy atom. The Labute approximate surface area is 145 Å². The van der Waals surface area contributed by atoms with Crippen LogP contribution in [-0.4, -0.2) is 21.0 Å². The van der Waals surface area contributed by atoms with Crippen LogP contribution in [0.15, 0.2) is 28.9 Å². The topological polar surface area (TPSA) is 107 Å². The van der Waals surface area contributed by atoms with Gasteiger partial charge in [-0.05, 0) is 31.0 Å². The number of aryl methyl sites for hydroxylation is 1. The number of amides is 1. The maximum Gasteiger partial charge on any atom is 0.259 e. The zero-order chi connectivity index (χ0) is 16.6. The van der Waals surface area contributed by atoms with Gasteiger partial charge in [0.1, 0.15) is 5.82 Å². The van der Waals surface area contributed by atoms with Gasteiger partial charge in [0.25, 0.3) is 11.6 Å². The highest BCUT2D eigenvalue weighted by Gasteiger charge is 2.19. The largest absolute Gasteiger partial charge is 0.384 e. The average molecular weight is 348 g/mol. The van der Waals surface area contributed by atoms with Crippen LogP contribution >= 0.6 is 12.4 Å². The Morgan fingerprint density at radius 1 is 1.33 bits per heavy atom. The van der Waals surface area contributed by atoms with Gasteiger partial charge in [0.05, 0.1) is 28.5 Å². The molecule has 3 aromatic rings. The van der Waals surface area contributed by atoms with Crippen LogP contribution in [0, 0.1) is 6.92 Å². The molecule has 0 radical (unpaired) electrons. The van der Waals surface area contributed by atoms with Gasteiger partial charge >= 0.3 is 0 Å². The first-order chi connectivity index (χ1) is 11.0. The van der Waals surface area contributed by atoms with Crippen LogP contribution in [0.5, 0.6) is 0 Å². The molecule has 126 valence electrons. The van der Waals surface area contributed by atoms with Crippen molar-refractivity contribution >= 4 is 40.9 Å². The van der Waals surface area contributed by atoms with E-state index >= 15 is 0 Å². The number of nitrogen functional groups attached to an aromatic ring is 1. The molecule has 3 N–H and O–H groups in total. The Bertz CT molecular complexity index is 874. The lowest BCUT2D eigenvalue weighted by Crippen LogP contribution is -2.14. The van der Waals surface area contributed by atoms with Gasteiger partial charge < -0.3 is 15.6 Å². The van der Waals surface area contributed by atoms with Gasteiger partial charge in [0.2, 0.25) is 0 Å². The summed E-state index contributed by atoms with van der Waals surface area (Å²) in [5.41, 5.74) is 8.36. The van der Waals surface area contributed by atoms with Gasteiger partial charge in [0.15, 0.2) is 0 Å². The zero-order valence-corrected chi connectivity index (χ0v) is 14.3. The first kappa shape index (κ1) is 17.7. The second-order valence-electron chi connectivity index (χ2n) is 5.62. The number of aromatic nitrogens is 3. The van der Waals surface area contributed by atoms with Crippen LogP contribution in [0.25, 0.3) is 11.1 Å². The molecular weight excluding hydrogens is 330 g/mol. The van der Waals surface area contributed by atoms with Crippen molar-refractivity contribution in [3.63, 3.8) is 0 Å². The summed E-state index contributed by atoms with van der Waals surface area (Å²) in [4.78, 5) is 21.1. The van der Waals surface area contributed by atoms with Gasteiger partial charge in [-0.15, -0.1) is 12.4 Å². The molecule has 3 heterocycles. The third-order valence-electron chi connectivity index (χ3n) is 3.52. The number of hydrogen-bond acceptors (Lipinski definition) is 6. The van der Waals surface area contributed by atoms with Gasteiger partial charge in [0, 0.05) is 5.69 Å². The molecule has 0 saturated heterocycles. The number of fused-ring (bicyclic) bond motifs is 1. The molecule has 7 nitrogen and oxygen atoms in total. The summed E-state index contributed by atoms with van der Waals surface area (Å²) in [6.07, 6.45) is 1.51. The molecule has 0 aliphatic rings. The first-order valence-electron chi connectivity index (χ1n) is 7.25. The van der Waals surface area contributed by atoms with Crippen molar-refractivity contribution in [2.45, 2.75) is 26.7 Å². The van der Waals surface area contributed by atoms with Gasteiger partial charge in [-0.1, -0.05) is 19.0 Å². The number of nitrogens with one attached hydrogen (secondary N) is 1. The zero-order valence-electron chi connectivity index (χ0n) is 13.5. The molecule has 0 aromatic carbocycles. The van der Waals surface area contributed by atoms with E-state index < -0.39 is 0 Å². The second kappa shape index (κ2) is 6.84. The van der Waals surface area contributed by atoms with Crippen molar-refractivity contribution < 1.29 is 9.32 Å². The molecule has 0 bridgehead atoms. The summed E-state index contributed by atoms with van der Waals surface area (Å²) >= 11 is 0. The second-order valence-corrected chi connectivity index (χ2v) is 5.62. The van der Waals surface area contributed by atoms with Crippen molar-refractivity contribution in [1.82, 2.24) is 15.1 Å². The number of nitrogens with two attached hydrogens (primary N) is 1. The molecule has 0 unspecified atom stereocenters. The number of nitrogens with zero attached hydrogens (tertiary/aromatic N) is 3. The van der Waals surface area contributed by atoms with E-state index in [1.54, 1.807) is 25.1 Å². The predicted molar refractivity (Wildman–Crippen MR) is 94.5 cm³/mol. The summed E-state index contributed by atoms with van der Waals surface area (Å²) in [7, 11) is 0. The van der Waals surface area contributed by atoms with Gasteiger partial charge in [-0.2, -0.15) is 0 Å². The number of hydrogen-bond donors (Lipinski definition) is 2. The van der Waals surface area contributed by atoms with E-state index in [1.165, 1.54) is 6.20 Å². The first-order valence-corrected chi connectivity index (χ1v) is 7.25. The van der Waals surface area contributed by atoms with E-state index in [4.69, 9.17) is 10.3 Å².